The van der Waals surface area contributed by atoms with Crippen LogP contribution in [0, 0.1) is 0 Å². The van der Waals surface area contributed by atoms with Gasteiger partial charge in [0.1, 0.15) is 0 Å². The predicted octanol–water partition coefficient (Wildman–Crippen LogP) is 2.88. The number of fused-ring (bicyclic) bond motifs is 1. The zero-order chi connectivity index (χ0) is 14.7. The molecule has 2 aromatic rings. The molecule has 0 bridgehead atoms. The number of aryl methyl sites for hydroxylation is 3. The fourth-order valence-corrected chi connectivity index (χ4v) is 3.24. The molecule has 0 spiro atoms. The molecule has 1 N–H and O–H groups in total. The molecule has 1 heterocycles. The maximum atomic E-state index is 4.23. The molecule has 1 aromatic carbocycles. The predicted molar refractivity (Wildman–Crippen MR) is 84.3 cm³/mol. The number of hydrogen-bond acceptors (Lipinski definition) is 3. The average Bonchev–Trinajstić information content (AvgIpc) is 3.13. The van der Waals surface area contributed by atoms with Crippen molar-refractivity contribution in [3.63, 3.8) is 0 Å². The Morgan fingerprint density at radius 3 is 2.90 bits per heavy atom. The zero-order valence-electron chi connectivity index (χ0n) is 13.0. The largest absolute Gasteiger partial charge is 0.305 e. The first kappa shape index (κ1) is 14.3. The molecule has 1 aromatic heterocycles. The Bertz CT molecular complexity index is 603. The maximum absolute atomic E-state index is 4.23. The van der Waals surface area contributed by atoms with Crippen LogP contribution >= 0.6 is 0 Å². The number of hydrogen-bond donors (Lipinski definition) is 1. The molecule has 1 aliphatic carbocycles. The second-order valence-corrected chi connectivity index (χ2v) is 5.75. The lowest BCUT2D eigenvalue weighted by molar-refractivity contribution is 0.511. The first-order chi connectivity index (χ1) is 10.3. The Kier molecular flexibility index (Phi) is 4.34. The second kappa shape index (κ2) is 6.39. The van der Waals surface area contributed by atoms with Crippen molar-refractivity contribution < 1.29 is 0 Å². The molecule has 1 atom stereocenters. The van der Waals surface area contributed by atoms with Crippen molar-refractivity contribution in [2.24, 2.45) is 0 Å². The molecule has 112 valence electrons. The molecule has 0 fully saturated rings. The van der Waals surface area contributed by atoms with Crippen LogP contribution in [0.25, 0.3) is 0 Å². The lowest BCUT2D eigenvalue weighted by Gasteiger charge is -2.20. The summed E-state index contributed by atoms with van der Waals surface area (Å²) in [7, 11) is 0. The Balaban J connectivity index is 1.95. The van der Waals surface area contributed by atoms with Crippen LogP contribution < -0.4 is 5.32 Å². The Morgan fingerprint density at radius 2 is 2.10 bits per heavy atom. The van der Waals surface area contributed by atoms with Gasteiger partial charge in [-0.2, -0.15) is 0 Å². The molecule has 0 amide bonds. The van der Waals surface area contributed by atoms with Crippen LogP contribution in [0.15, 0.2) is 24.4 Å². The van der Waals surface area contributed by atoms with E-state index in [1.807, 2.05) is 10.9 Å². The van der Waals surface area contributed by atoms with Gasteiger partial charge in [0, 0.05) is 6.54 Å². The number of aromatic nitrogens is 3. The zero-order valence-corrected chi connectivity index (χ0v) is 13.0. The molecule has 0 aliphatic heterocycles. The minimum Gasteiger partial charge on any atom is -0.305 e. The summed E-state index contributed by atoms with van der Waals surface area (Å²) in [6.45, 7) is 6.17. The van der Waals surface area contributed by atoms with Gasteiger partial charge in [-0.05, 0) is 48.9 Å². The van der Waals surface area contributed by atoms with Crippen LogP contribution in [-0.2, 0) is 19.4 Å². The van der Waals surface area contributed by atoms with Crippen LogP contribution in [0.3, 0.4) is 0 Å². The molecular formula is C17H24N4. The molecule has 1 unspecified atom stereocenters. The summed E-state index contributed by atoms with van der Waals surface area (Å²) in [5.41, 5.74) is 5.54. The average molecular weight is 284 g/mol. The lowest BCUT2D eigenvalue weighted by atomic mass is 9.99. The third-order valence-corrected chi connectivity index (χ3v) is 4.24. The normalized spacial score (nSPS) is 15.1. The van der Waals surface area contributed by atoms with Gasteiger partial charge < -0.3 is 5.32 Å². The van der Waals surface area contributed by atoms with E-state index < -0.39 is 0 Å². The lowest BCUT2D eigenvalue weighted by Crippen LogP contribution is -2.25. The quantitative estimate of drug-likeness (QED) is 0.887. The van der Waals surface area contributed by atoms with Crippen LogP contribution in [-0.4, -0.2) is 21.5 Å². The molecule has 0 saturated heterocycles. The van der Waals surface area contributed by atoms with Crippen molar-refractivity contribution in [3.05, 3.63) is 46.8 Å². The van der Waals surface area contributed by atoms with Gasteiger partial charge in [-0.25, -0.2) is 4.68 Å². The molecule has 4 heteroatoms. The van der Waals surface area contributed by atoms with Crippen molar-refractivity contribution in [2.45, 2.75) is 52.1 Å². The van der Waals surface area contributed by atoms with Crippen molar-refractivity contribution in [1.29, 1.82) is 0 Å². The first-order valence-electron chi connectivity index (χ1n) is 8.07. The van der Waals surface area contributed by atoms with E-state index in [4.69, 9.17) is 0 Å². The van der Waals surface area contributed by atoms with Crippen molar-refractivity contribution in [1.82, 2.24) is 20.3 Å². The smallest absolute Gasteiger partial charge is 0.0801 e. The molecule has 0 saturated carbocycles. The second-order valence-electron chi connectivity index (χ2n) is 5.75. The fourth-order valence-electron chi connectivity index (χ4n) is 3.24. The van der Waals surface area contributed by atoms with E-state index in [9.17, 15) is 0 Å². The van der Waals surface area contributed by atoms with E-state index in [-0.39, 0.29) is 6.04 Å². The minimum atomic E-state index is 0.183. The summed E-state index contributed by atoms with van der Waals surface area (Å²) in [5, 5.41) is 11.9. The Hall–Kier alpha value is -1.68. The van der Waals surface area contributed by atoms with Crippen molar-refractivity contribution in [3.8, 4) is 0 Å². The number of nitrogens with zero attached hydrogens (tertiary/aromatic N) is 3. The molecule has 3 rings (SSSR count). The van der Waals surface area contributed by atoms with Gasteiger partial charge in [-0.1, -0.05) is 37.3 Å². The van der Waals surface area contributed by atoms with Crippen LogP contribution in [0.4, 0.5) is 0 Å². The van der Waals surface area contributed by atoms with E-state index >= 15 is 0 Å². The number of benzene rings is 1. The summed E-state index contributed by atoms with van der Waals surface area (Å²) >= 11 is 0. The highest BCUT2D eigenvalue weighted by atomic mass is 15.4. The summed E-state index contributed by atoms with van der Waals surface area (Å²) in [5.74, 6) is 0. The number of nitrogens with one attached hydrogen (secondary N) is 1. The van der Waals surface area contributed by atoms with E-state index in [2.05, 4.69) is 47.7 Å². The van der Waals surface area contributed by atoms with E-state index in [0.29, 0.717) is 0 Å². The molecule has 0 radical (unpaired) electrons. The van der Waals surface area contributed by atoms with Gasteiger partial charge in [0.2, 0.25) is 0 Å². The summed E-state index contributed by atoms with van der Waals surface area (Å²) < 4.78 is 2.03. The third-order valence-electron chi connectivity index (χ3n) is 4.24. The monoisotopic (exact) mass is 284 g/mol. The molecule has 21 heavy (non-hydrogen) atoms. The maximum Gasteiger partial charge on any atom is 0.0801 e. The first-order valence-corrected chi connectivity index (χ1v) is 8.07. The summed E-state index contributed by atoms with van der Waals surface area (Å²) in [4.78, 5) is 0. The highest BCUT2D eigenvalue weighted by Crippen LogP contribution is 2.28. The molecule has 1 aliphatic rings. The van der Waals surface area contributed by atoms with Crippen LogP contribution in [0.2, 0.25) is 0 Å². The van der Waals surface area contributed by atoms with E-state index in [1.54, 1.807) is 0 Å². The van der Waals surface area contributed by atoms with Crippen LogP contribution in [0.1, 0.15) is 55.1 Å². The topological polar surface area (TPSA) is 42.7 Å². The Labute approximate surface area is 126 Å². The third kappa shape index (κ3) is 2.86. The minimum absolute atomic E-state index is 0.183. The fraction of sp³-hybridized carbons (Fsp3) is 0.529. The molecule has 4 nitrogen and oxygen atoms in total. The summed E-state index contributed by atoms with van der Waals surface area (Å²) in [6, 6.07) is 7.12. The van der Waals surface area contributed by atoms with Gasteiger partial charge in [-0.3, -0.25) is 0 Å². The van der Waals surface area contributed by atoms with Gasteiger partial charge >= 0.3 is 0 Å². The van der Waals surface area contributed by atoms with Gasteiger partial charge in [0.15, 0.2) is 0 Å². The SMILES string of the molecule is CCCn1nncc1C(NCC)c1ccc2c(c1)CCC2. The Morgan fingerprint density at radius 1 is 1.24 bits per heavy atom. The highest BCUT2D eigenvalue weighted by molar-refractivity contribution is 5.38. The van der Waals surface area contributed by atoms with E-state index in [1.165, 1.54) is 36.0 Å². The van der Waals surface area contributed by atoms with Crippen molar-refractivity contribution >= 4 is 0 Å². The van der Waals surface area contributed by atoms with Crippen molar-refractivity contribution in [2.75, 3.05) is 6.54 Å². The van der Waals surface area contributed by atoms with Crippen LogP contribution in [0.5, 0.6) is 0 Å². The number of rotatable bonds is 6. The standard InChI is InChI=1S/C17H24N4/c1-3-10-21-16(12-19-20-21)17(18-4-2)15-9-8-13-6-5-7-14(13)11-15/h8-9,11-12,17-18H,3-7,10H2,1-2H3. The molecular weight excluding hydrogens is 260 g/mol. The van der Waals surface area contributed by atoms with Gasteiger partial charge in [0.25, 0.3) is 0 Å². The highest BCUT2D eigenvalue weighted by Gasteiger charge is 2.20. The van der Waals surface area contributed by atoms with Gasteiger partial charge in [-0.15, -0.1) is 5.10 Å². The summed E-state index contributed by atoms with van der Waals surface area (Å²) in [6.07, 6.45) is 6.71. The van der Waals surface area contributed by atoms with E-state index in [0.717, 1.165) is 25.2 Å². The van der Waals surface area contributed by atoms with Gasteiger partial charge in [0.05, 0.1) is 17.9 Å².